The van der Waals surface area contributed by atoms with Crippen LogP contribution < -0.4 is 4.74 Å². The lowest BCUT2D eigenvalue weighted by Crippen LogP contribution is -2.56. The topological polar surface area (TPSA) is 62.7 Å². The van der Waals surface area contributed by atoms with Gasteiger partial charge in [-0.2, -0.15) is 0 Å². The number of nitrogens with zero attached hydrogens (tertiary/aromatic N) is 3. The molecule has 6 nitrogen and oxygen atoms in total. The van der Waals surface area contributed by atoms with E-state index >= 15 is 0 Å². The molecule has 2 aliphatic rings. The number of fused-ring (bicyclic) bond motifs is 2. The fourth-order valence-corrected chi connectivity index (χ4v) is 5.80. The molecule has 3 aromatic rings. The number of pyridine rings is 1. The van der Waals surface area contributed by atoms with Crippen LogP contribution in [0.4, 0.5) is 0 Å². The number of hydrogen-bond acceptors (Lipinski definition) is 4. The molecule has 0 saturated carbocycles. The zero-order valence-electron chi connectivity index (χ0n) is 21.5. The zero-order chi connectivity index (χ0) is 25.2. The van der Waals surface area contributed by atoms with E-state index in [-0.39, 0.29) is 17.9 Å². The second-order valence-electron chi connectivity index (χ2n) is 10.2. The van der Waals surface area contributed by atoms with Gasteiger partial charge in [-0.3, -0.25) is 14.6 Å². The van der Waals surface area contributed by atoms with Crippen molar-refractivity contribution < 1.29 is 14.3 Å². The fraction of sp³-hybridized carbons (Fsp3) is 0.433. The number of ether oxygens (including phenoxy) is 1. The number of likely N-dealkylation sites (tertiary alicyclic amines) is 2. The van der Waals surface area contributed by atoms with Crippen molar-refractivity contribution in [3.05, 3.63) is 70.9 Å². The van der Waals surface area contributed by atoms with Gasteiger partial charge in [0.2, 0.25) is 5.91 Å². The van der Waals surface area contributed by atoms with Crippen molar-refractivity contribution >= 4 is 22.7 Å². The Bertz CT molecular complexity index is 1270. The van der Waals surface area contributed by atoms with Crippen molar-refractivity contribution in [2.75, 3.05) is 26.2 Å². The third-order valence-electron chi connectivity index (χ3n) is 7.87. The second kappa shape index (κ2) is 10.3. The van der Waals surface area contributed by atoms with E-state index in [4.69, 9.17) is 9.72 Å². The molecule has 0 aliphatic carbocycles. The van der Waals surface area contributed by atoms with Crippen molar-refractivity contribution in [1.29, 1.82) is 0 Å². The van der Waals surface area contributed by atoms with Gasteiger partial charge < -0.3 is 14.5 Å². The van der Waals surface area contributed by atoms with Gasteiger partial charge in [0.25, 0.3) is 5.91 Å². The summed E-state index contributed by atoms with van der Waals surface area (Å²) in [6.45, 7) is 8.67. The van der Waals surface area contributed by atoms with Crippen LogP contribution in [0.1, 0.15) is 52.9 Å². The Morgan fingerprint density at radius 1 is 1.03 bits per heavy atom. The van der Waals surface area contributed by atoms with Crippen LogP contribution in [0.15, 0.2) is 48.5 Å². The van der Waals surface area contributed by atoms with E-state index in [1.54, 1.807) is 0 Å². The highest BCUT2D eigenvalue weighted by molar-refractivity contribution is 6.07. The first-order valence-corrected chi connectivity index (χ1v) is 13.1. The quantitative estimate of drug-likeness (QED) is 0.506. The van der Waals surface area contributed by atoms with Crippen LogP contribution in [0.2, 0.25) is 0 Å². The first-order chi connectivity index (χ1) is 17.4. The van der Waals surface area contributed by atoms with Crippen LogP contribution in [0.5, 0.6) is 5.75 Å². The molecule has 0 radical (unpaired) electrons. The zero-order valence-corrected chi connectivity index (χ0v) is 21.5. The molecular formula is C30H35N3O3. The minimum atomic E-state index is 0.0968. The minimum Gasteiger partial charge on any atom is -0.493 e. The first kappa shape index (κ1) is 24.3. The molecule has 2 aromatic carbocycles. The van der Waals surface area contributed by atoms with Crippen molar-refractivity contribution in [2.45, 2.75) is 52.5 Å². The number of benzene rings is 2. The molecule has 0 bridgehead atoms. The average molecular weight is 486 g/mol. The molecule has 2 fully saturated rings. The molecule has 3 heterocycles. The molecular weight excluding hydrogens is 450 g/mol. The fourth-order valence-electron chi connectivity index (χ4n) is 5.80. The van der Waals surface area contributed by atoms with Crippen LogP contribution in [0.25, 0.3) is 10.9 Å². The summed E-state index contributed by atoms with van der Waals surface area (Å²) in [5.74, 6) is 1.33. The van der Waals surface area contributed by atoms with Crippen molar-refractivity contribution in [3.8, 4) is 5.75 Å². The molecule has 2 saturated heterocycles. The van der Waals surface area contributed by atoms with E-state index in [1.807, 2.05) is 54.3 Å². The van der Waals surface area contributed by atoms with Crippen molar-refractivity contribution in [3.63, 3.8) is 0 Å². The molecule has 0 unspecified atom stereocenters. The minimum absolute atomic E-state index is 0.0968. The Morgan fingerprint density at radius 3 is 2.64 bits per heavy atom. The summed E-state index contributed by atoms with van der Waals surface area (Å²) in [4.78, 5) is 35.6. The third-order valence-corrected chi connectivity index (χ3v) is 7.87. The molecule has 36 heavy (non-hydrogen) atoms. The van der Waals surface area contributed by atoms with Gasteiger partial charge >= 0.3 is 0 Å². The summed E-state index contributed by atoms with van der Waals surface area (Å²) in [6.07, 6.45) is 3.21. The highest BCUT2D eigenvalue weighted by Crippen LogP contribution is 2.33. The number of carbonyl (C=O) groups is 2. The summed E-state index contributed by atoms with van der Waals surface area (Å²) >= 11 is 0. The summed E-state index contributed by atoms with van der Waals surface area (Å²) in [5, 5.41) is 0.932. The highest BCUT2D eigenvalue weighted by atomic mass is 16.5. The maximum Gasteiger partial charge on any atom is 0.254 e. The number of aryl methyl sites for hydroxylation is 3. The number of rotatable bonds is 5. The van der Waals surface area contributed by atoms with Crippen LogP contribution in [-0.4, -0.2) is 58.9 Å². The largest absolute Gasteiger partial charge is 0.493 e. The Labute approximate surface area is 213 Å². The number of aromatic nitrogens is 1. The number of hydrogen-bond donors (Lipinski definition) is 0. The van der Waals surface area contributed by atoms with Gasteiger partial charge in [-0.15, -0.1) is 0 Å². The molecule has 5 rings (SSSR count). The number of carbonyl (C=O) groups excluding carboxylic acids is 2. The van der Waals surface area contributed by atoms with E-state index < -0.39 is 0 Å². The number of amides is 2. The van der Waals surface area contributed by atoms with E-state index in [9.17, 15) is 9.59 Å². The summed E-state index contributed by atoms with van der Waals surface area (Å²) in [6, 6.07) is 15.8. The van der Waals surface area contributed by atoms with Gasteiger partial charge in [0.15, 0.2) is 0 Å². The second-order valence-corrected chi connectivity index (χ2v) is 10.2. The molecule has 0 spiro atoms. The molecule has 0 N–H and O–H groups in total. The van der Waals surface area contributed by atoms with Gasteiger partial charge in [-0.05, 0) is 75.3 Å². The Balaban J connectivity index is 1.27. The smallest absolute Gasteiger partial charge is 0.254 e. The Hall–Kier alpha value is -3.41. The van der Waals surface area contributed by atoms with E-state index in [0.717, 1.165) is 59.3 Å². The first-order valence-electron chi connectivity index (χ1n) is 13.1. The predicted octanol–water partition coefficient (Wildman–Crippen LogP) is 5.08. The normalized spacial score (nSPS) is 19.8. The lowest BCUT2D eigenvalue weighted by atomic mass is 9.83. The van der Waals surface area contributed by atoms with Crippen LogP contribution in [0.3, 0.4) is 0 Å². The van der Waals surface area contributed by atoms with E-state index in [1.165, 1.54) is 5.56 Å². The summed E-state index contributed by atoms with van der Waals surface area (Å²) < 4.78 is 5.73. The monoisotopic (exact) mass is 485 g/mol. The molecule has 2 atom stereocenters. The SMILES string of the molecule is Cc1cc(C(=O)N2CCC[C@@H]3CN(C(=O)CCOc4ccccc4)CC[C@@H]32)c2ccc(C)c(C)c2n1. The number of piperidine rings is 2. The highest BCUT2D eigenvalue weighted by Gasteiger charge is 2.39. The predicted molar refractivity (Wildman–Crippen MR) is 141 cm³/mol. The van der Waals surface area contributed by atoms with Crippen LogP contribution in [-0.2, 0) is 4.79 Å². The Morgan fingerprint density at radius 2 is 1.83 bits per heavy atom. The summed E-state index contributed by atoms with van der Waals surface area (Å²) in [7, 11) is 0. The van der Waals surface area contributed by atoms with Gasteiger partial charge in [-0.1, -0.05) is 30.3 Å². The van der Waals surface area contributed by atoms with Crippen LogP contribution >= 0.6 is 0 Å². The van der Waals surface area contributed by atoms with Crippen LogP contribution in [0, 0.1) is 26.7 Å². The average Bonchev–Trinajstić information content (AvgIpc) is 2.90. The lowest BCUT2D eigenvalue weighted by molar-refractivity contribution is -0.135. The van der Waals surface area contributed by atoms with Gasteiger partial charge in [-0.25, -0.2) is 0 Å². The van der Waals surface area contributed by atoms with E-state index in [2.05, 4.69) is 24.8 Å². The van der Waals surface area contributed by atoms with Gasteiger partial charge in [0.1, 0.15) is 5.75 Å². The van der Waals surface area contributed by atoms with Gasteiger partial charge in [0.05, 0.1) is 24.1 Å². The van der Waals surface area contributed by atoms with Gasteiger partial charge in [0, 0.05) is 36.8 Å². The third kappa shape index (κ3) is 4.81. The summed E-state index contributed by atoms with van der Waals surface area (Å²) in [5.41, 5.74) is 4.85. The van der Waals surface area contributed by atoms with E-state index in [0.29, 0.717) is 32.0 Å². The van der Waals surface area contributed by atoms with Crippen molar-refractivity contribution in [2.24, 2.45) is 5.92 Å². The Kier molecular flexibility index (Phi) is 6.95. The maximum absolute atomic E-state index is 13.9. The molecule has 1 aromatic heterocycles. The number of para-hydroxylation sites is 1. The standard InChI is InChI=1S/C30H35N3O3/c1-20-11-12-25-26(18-21(2)31-29(25)22(20)3)30(35)33-15-7-8-23-19-32(16-13-27(23)33)28(34)14-17-36-24-9-5-4-6-10-24/h4-6,9-12,18,23,27H,7-8,13-17,19H2,1-3H3/t23-,27+/m1/s1. The molecule has 2 amide bonds. The molecule has 6 heteroatoms. The molecule has 188 valence electrons. The molecule has 2 aliphatic heterocycles. The lowest BCUT2D eigenvalue weighted by Gasteiger charge is -2.47. The van der Waals surface area contributed by atoms with Crippen molar-refractivity contribution in [1.82, 2.24) is 14.8 Å². The maximum atomic E-state index is 13.9.